The number of aryl methyl sites for hydroxylation is 1. The maximum Gasteiger partial charge on any atom is 0.226 e. The second kappa shape index (κ2) is 4.85. The van der Waals surface area contributed by atoms with E-state index in [9.17, 15) is 0 Å². The van der Waals surface area contributed by atoms with Gasteiger partial charge in [0.05, 0.1) is 11.9 Å². The summed E-state index contributed by atoms with van der Waals surface area (Å²) in [5, 5.41) is 15.4. The first-order valence-corrected chi connectivity index (χ1v) is 6.27. The Balaban J connectivity index is 1.58. The van der Waals surface area contributed by atoms with Crippen molar-refractivity contribution in [2.75, 3.05) is 0 Å². The zero-order valence-electron chi connectivity index (χ0n) is 10.3. The number of hydrogen-bond acceptors (Lipinski definition) is 6. The molecule has 0 bridgehead atoms. The monoisotopic (exact) mass is 248 g/mol. The van der Waals surface area contributed by atoms with Crippen LogP contribution in [0.4, 0.5) is 0 Å². The molecule has 0 amide bonds. The summed E-state index contributed by atoms with van der Waals surface area (Å²) in [5.41, 5.74) is 0.945. The molecule has 1 N–H and O–H groups in total. The Hall–Kier alpha value is -1.76. The molecule has 0 atom stereocenters. The molecule has 0 unspecified atom stereocenters. The lowest BCUT2D eigenvalue weighted by Gasteiger charge is -1.96. The van der Waals surface area contributed by atoms with Crippen LogP contribution in [-0.2, 0) is 19.5 Å². The molecular weight excluding hydrogens is 232 g/mol. The number of nitrogens with one attached hydrogen (secondary N) is 1. The smallest absolute Gasteiger partial charge is 0.226 e. The van der Waals surface area contributed by atoms with Crippen LogP contribution in [0.5, 0.6) is 0 Å². The molecule has 2 aromatic rings. The van der Waals surface area contributed by atoms with E-state index in [1.54, 1.807) is 4.68 Å². The molecule has 18 heavy (non-hydrogen) atoms. The summed E-state index contributed by atoms with van der Waals surface area (Å²) in [4.78, 5) is 4.24. The zero-order chi connectivity index (χ0) is 12.4. The van der Waals surface area contributed by atoms with Gasteiger partial charge in [-0.05, 0) is 12.8 Å². The average Bonchev–Trinajstić information content (AvgIpc) is 2.93. The van der Waals surface area contributed by atoms with Crippen molar-refractivity contribution >= 4 is 0 Å². The van der Waals surface area contributed by atoms with Crippen LogP contribution in [0, 0.1) is 0 Å². The topological polar surface area (TPSA) is 81.7 Å². The van der Waals surface area contributed by atoms with Gasteiger partial charge in [0.25, 0.3) is 0 Å². The Kier molecular flexibility index (Phi) is 3.06. The van der Waals surface area contributed by atoms with Crippen molar-refractivity contribution in [2.45, 2.75) is 45.3 Å². The Bertz CT molecular complexity index is 515. The number of rotatable bonds is 6. The van der Waals surface area contributed by atoms with E-state index in [0.29, 0.717) is 24.3 Å². The Morgan fingerprint density at radius 2 is 2.39 bits per heavy atom. The predicted octanol–water partition coefficient (Wildman–Crippen LogP) is 0.524. The summed E-state index contributed by atoms with van der Waals surface area (Å²) in [6, 6.07) is 0.680. The third kappa shape index (κ3) is 2.73. The van der Waals surface area contributed by atoms with Crippen molar-refractivity contribution in [1.82, 2.24) is 30.5 Å². The third-order valence-electron chi connectivity index (χ3n) is 2.85. The molecule has 3 rings (SSSR count). The summed E-state index contributed by atoms with van der Waals surface area (Å²) in [5.74, 6) is 1.29. The van der Waals surface area contributed by atoms with Gasteiger partial charge in [-0.15, -0.1) is 5.10 Å². The van der Waals surface area contributed by atoms with Crippen LogP contribution in [0.2, 0.25) is 0 Å². The minimum Gasteiger partial charge on any atom is -0.339 e. The minimum atomic E-state index is 0.500. The molecule has 1 aliphatic rings. The van der Waals surface area contributed by atoms with Crippen LogP contribution in [0.1, 0.15) is 37.2 Å². The lowest BCUT2D eigenvalue weighted by Crippen LogP contribution is -2.15. The quantitative estimate of drug-likeness (QED) is 0.802. The lowest BCUT2D eigenvalue weighted by molar-refractivity contribution is 0.374. The van der Waals surface area contributed by atoms with Gasteiger partial charge < -0.3 is 9.84 Å². The highest BCUT2D eigenvalue weighted by atomic mass is 16.5. The molecule has 1 saturated carbocycles. The van der Waals surface area contributed by atoms with Gasteiger partial charge in [-0.1, -0.05) is 17.3 Å². The van der Waals surface area contributed by atoms with Crippen LogP contribution in [0.3, 0.4) is 0 Å². The van der Waals surface area contributed by atoms with E-state index in [1.807, 2.05) is 13.1 Å². The molecule has 0 aromatic carbocycles. The standard InChI is InChI=1S/C11H16N6O/c1-2-11-13-10(15-18-11)7-17-6-9(14-16-17)5-12-8-3-4-8/h6,8,12H,2-5,7H2,1H3. The van der Waals surface area contributed by atoms with Crippen molar-refractivity contribution in [2.24, 2.45) is 0 Å². The molecule has 96 valence electrons. The fraction of sp³-hybridized carbons (Fsp3) is 0.636. The number of nitrogens with zero attached hydrogens (tertiary/aromatic N) is 5. The highest BCUT2D eigenvalue weighted by Crippen LogP contribution is 2.18. The van der Waals surface area contributed by atoms with Gasteiger partial charge >= 0.3 is 0 Å². The summed E-state index contributed by atoms with van der Waals surface area (Å²) >= 11 is 0. The van der Waals surface area contributed by atoms with Crippen LogP contribution in [0.15, 0.2) is 10.7 Å². The first-order valence-electron chi connectivity index (χ1n) is 6.27. The Morgan fingerprint density at radius 3 is 3.11 bits per heavy atom. The van der Waals surface area contributed by atoms with Crippen LogP contribution >= 0.6 is 0 Å². The SMILES string of the molecule is CCc1nc(Cn2cc(CNC3CC3)nn2)no1. The molecule has 0 spiro atoms. The fourth-order valence-corrected chi connectivity index (χ4v) is 1.68. The second-order valence-corrected chi connectivity index (χ2v) is 4.52. The third-order valence-corrected chi connectivity index (χ3v) is 2.85. The first-order chi connectivity index (χ1) is 8.83. The molecule has 2 heterocycles. The second-order valence-electron chi connectivity index (χ2n) is 4.52. The number of aromatic nitrogens is 5. The molecule has 0 aliphatic heterocycles. The highest BCUT2D eigenvalue weighted by molar-refractivity contribution is 4.96. The maximum absolute atomic E-state index is 5.05. The van der Waals surface area contributed by atoms with E-state index in [2.05, 4.69) is 25.8 Å². The van der Waals surface area contributed by atoms with Gasteiger partial charge in [-0.25, -0.2) is 4.68 Å². The summed E-state index contributed by atoms with van der Waals surface area (Å²) in [6.07, 6.45) is 5.21. The Morgan fingerprint density at radius 1 is 1.50 bits per heavy atom. The summed E-state index contributed by atoms with van der Waals surface area (Å²) in [7, 11) is 0. The lowest BCUT2D eigenvalue weighted by atomic mass is 10.4. The highest BCUT2D eigenvalue weighted by Gasteiger charge is 2.20. The van der Waals surface area contributed by atoms with Crippen molar-refractivity contribution in [3.05, 3.63) is 23.6 Å². The van der Waals surface area contributed by atoms with Gasteiger partial charge in [0, 0.05) is 19.0 Å². The maximum atomic E-state index is 5.05. The molecule has 0 radical (unpaired) electrons. The molecule has 7 nitrogen and oxygen atoms in total. The van der Waals surface area contributed by atoms with Gasteiger partial charge in [0.1, 0.15) is 6.54 Å². The van der Waals surface area contributed by atoms with E-state index in [1.165, 1.54) is 12.8 Å². The van der Waals surface area contributed by atoms with E-state index < -0.39 is 0 Å². The van der Waals surface area contributed by atoms with Crippen LogP contribution in [0.25, 0.3) is 0 Å². The predicted molar refractivity (Wildman–Crippen MR) is 62.7 cm³/mol. The summed E-state index contributed by atoms with van der Waals surface area (Å²) in [6.45, 7) is 3.26. The number of hydrogen-bond donors (Lipinski definition) is 1. The van der Waals surface area contributed by atoms with E-state index in [-0.39, 0.29) is 0 Å². The zero-order valence-corrected chi connectivity index (χ0v) is 10.3. The van der Waals surface area contributed by atoms with Crippen LogP contribution < -0.4 is 5.32 Å². The van der Waals surface area contributed by atoms with Crippen LogP contribution in [-0.4, -0.2) is 31.2 Å². The van der Waals surface area contributed by atoms with Crippen molar-refractivity contribution in [1.29, 1.82) is 0 Å². The molecule has 1 fully saturated rings. The van der Waals surface area contributed by atoms with Gasteiger partial charge in [-0.3, -0.25) is 0 Å². The average molecular weight is 248 g/mol. The van der Waals surface area contributed by atoms with E-state index >= 15 is 0 Å². The van der Waals surface area contributed by atoms with Crippen molar-refractivity contribution < 1.29 is 4.52 Å². The first kappa shape index (κ1) is 11.3. The fourth-order valence-electron chi connectivity index (χ4n) is 1.68. The van der Waals surface area contributed by atoms with E-state index in [4.69, 9.17) is 4.52 Å². The molecule has 1 aliphatic carbocycles. The normalized spacial score (nSPS) is 15.2. The van der Waals surface area contributed by atoms with Gasteiger partial charge in [0.2, 0.25) is 5.89 Å². The molecule has 0 saturated heterocycles. The Labute approximate surface area is 105 Å². The summed E-state index contributed by atoms with van der Waals surface area (Å²) < 4.78 is 6.78. The minimum absolute atomic E-state index is 0.500. The molecule has 2 aromatic heterocycles. The van der Waals surface area contributed by atoms with Crippen molar-refractivity contribution in [3.63, 3.8) is 0 Å². The molecule has 7 heteroatoms. The van der Waals surface area contributed by atoms with E-state index in [0.717, 1.165) is 18.7 Å². The van der Waals surface area contributed by atoms with Gasteiger partial charge in [-0.2, -0.15) is 4.98 Å². The molecular formula is C11H16N6O. The van der Waals surface area contributed by atoms with Crippen molar-refractivity contribution in [3.8, 4) is 0 Å². The van der Waals surface area contributed by atoms with Gasteiger partial charge in [0.15, 0.2) is 5.82 Å². The largest absolute Gasteiger partial charge is 0.339 e.